The van der Waals surface area contributed by atoms with E-state index >= 15 is 0 Å². The van der Waals surface area contributed by atoms with Crippen LogP contribution in [0.5, 0.6) is 0 Å². The van der Waals surface area contributed by atoms with Crippen LogP contribution in [0.3, 0.4) is 0 Å². The first kappa shape index (κ1) is 32.0. The number of carbonyl (C=O) groups excluding carboxylic acids is 1. The van der Waals surface area contributed by atoms with Gasteiger partial charge in [0.05, 0.1) is 10.6 Å². The molecule has 0 aliphatic carbocycles. The standard InChI is InChI=1S/C33H45N7O3S/c1-4-38(26(2)3)19-7-18-37-22-24-39(25-23-37)32(41)28-8-12-29(13-9-28)35-33-34-17-16-31(36-33)27-10-14-30(15-11-27)44(42,43)40-20-5-6-21-40/h8-17,26H,4-7,18-25H2,1-3H3,(H,34,35,36). The zero-order chi connectivity index (χ0) is 31.1. The average Bonchev–Trinajstić information content (AvgIpc) is 3.60. The minimum Gasteiger partial charge on any atom is -0.336 e. The van der Waals surface area contributed by atoms with Crippen molar-refractivity contribution in [3.05, 3.63) is 66.4 Å². The van der Waals surface area contributed by atoms with Gasteiger partial charge in [-0.05, 0) is 95.2 Å². The molecule has 0 spiro atoms. The van der Waals surface area contributed by atoms with Gasteiger partial charge in [-0.3, -0.25) is 9.69 Å². The minimum absolute atomic E-state index is 0.0570. The van der Waals surface area contributed by atoms with Crippen molar-refractivity contribution in [2.45, 2.75) is 51.0 Å². The molecule has 44 heavy (non-hydrogen) atoms. The Balaban J connectivity index is 1.13. The summed E-state index contributed by atoms with van der Waals surface area (Å²) in [5.74, 6) is 0.475. The fraction of sp³-hybridized carbons (Fsp3) is 0.485. The molecular formula is C33H45N7O3S. The molecule has 0 atom stereocenters. The molecule has 0 unspecified atom stereocenters. The molecule has 0 saturated carbocycles. The Morgan fingerprint density at radius 2 is 1.61 bits per heavy atom. The molecule has 0 bridgehead atoms. The Kier molecular flexibility index (Phi) is 10.6. The highest BCUT2D eigenvalue weighted by Gasteiger charge is 2.27. The van der Waals surface area contributed by atoms with Crippen LogP contribution < -0.4 is 5.32 Å². The first-order chi connectivity index (χ1) is 21.2. The first-order valence-electron chi connectivity index (χ1n) is 15.8. The summed E-state index contributed by atoms with van der Waals surface area (Å²) < 4.78 is 27.2. The Bertz CT molecular complexity index is 1480. The average molecular weight is 620 g/mol. The summed E-state index contributed by atoms with van der Waals surface area (Å²) in [5.41, 5.74) is 2.92. The number of aromatic nitrogens is 2. The lowest BCUT2D eigenvalue weighted by Crippen LogP contribution is -2.49. The Labute approximate surface area is 262 Å². The number of amides is 1. The molecule has 2 saturated heterocycles. The van der Waals surface area contributed by atoms with Crippen LogP contribution in [0.2, 0.25) is 0 Å². The van der Waals surface area contributed by atoms with Crippen molar-refractivity contribution < 1.29 is 13.2 Å². The van der Waals surface area contributed by atoms with E-state index in [0.717, 1.165) is 76.3 Å². The predicted molar refractivity (Wildman–Crippen MR) is 175 cm³/mol. The SMILES string of the molecule is CCN(CCCN1CCN(C(=O)c2ccc(Nc3nccc(-c4ccc(S(=O)(=O)N5CCCC5)cc4)n3)cc2)CC1)C(C)C. The van der Waals surface area contributed by atoms with E-state index in [-0.39, 0.29) is 5.91 Å². The van der Waals surface area contributed by atoms with Crippen molar-refractivity contribution >= 4 is 27.6 Å². The maximum atomic E-state index is 13.2. The molecule has 2 aliphatic rings. The predicted octanol–water partition coefficient (Wildman–Crippen LogP) is 4.55. The van der Waals surface area contributed by atoms with Gasteiger partial charge in [0, 0.05) is 68.3 Å². The van der Waals surface area contributed by atoms with Crippen molar-refractivity contribution in [1.29, 1.82) is 0 Å². The number of rotatable bonds is 12. The number of anilines is 2. The zero-order valence-electron chi connectivity index (χ0n) is 26.2. The van der Waals surface area contributed by atoms with Crippen molar-refractivity contribution in [1.82, 2.24) is 29.0 Å². The second kappa shape index (κ2) is 14.6. The lowest BCUT2D eigenvalue weighted by Gasteiger charge is -2.35. The molecule has 5 rings (SSSR count). The van der Waals surface area contributed by atoms with E-state index in [1.54, 1.807) is 40.8 Å². The van der Waals surface area contributed by atoms with Crippen LogP contribution >= 0.6 is 0 Å². The molecule has 10 nitrogen and oxygen atoms in total. The summed E-state index contributed by atoms with van der Waals surface area (Å²) in [5, 5.41) is 3.22. The second-order valence-corrected chi connectivity index (χ2v) is 13.8. The van der Waals surface area contributed by atoms with E-state index in [9.17, 15) is 13.2 Å². The van der Waals surface area contributed by atoms with E-state index in [4.69, 9.17) is 0 Å². The molecule has 3 aromatic rings. The Hall–Kier alpha value is -3.38. The van der Waals surface area contributed by atoms with Crippen LogP contribution in [0.25, 0.3) is 11.3 Å². The van der Waals surface area contributed by atoms with Crippen molar-refractivity contribution in [3.63, 3.8) is 0 Å². The van der Waals surface area contributed by atoms with Crippen LogP contribution in [0.4, 0.5) is 11.6 Å². The van der Waals surface area contributed by atoms with Gasteiger partial charge in [-0.1, -0.05) is 19.1 Å². The number of nitrogens with zero attached hydrogens (tertiary/aromatic N) is 6. The highest BCUT2D eigenvalue weighted by atomic mass is 32.2. The van der Waals surface area contributed by atoms with E-state index in [1.807, 2.05) is 29.2 Å². The number of piperazine rings is 1. The molecule has 1 N–H and O–H groups in total. The summed E-state index contributed by atoms with van der Waals surface area (Å²) in [6, 6.07) is 16.6. The fourth-order valence-corrected chi connectivity index (χ4v) is 7.43. The molecule has 0 radical (unpaired) electrons. The fourth-order valence-electron chi connectivity index (χ4n) is 5.92. The van der Waals surface area contributed by atoms with Crippen LogP contribution in [-0.2, 0) is 10.0 Å². The number of sulfonamides is 1. The van der Waals surface area contributed by atoms with Gasteiger partial charge in [-0.25, -0.2) is 18.4 Å². The maximum absolute atomic E-state index is 13.2. The molecule has 2 fully saturated rings. The monoisotopic (exact) mass is 619 g/mol. The maximum Gasteiger partial charge on any atom is 0.253 e. The van der Waals surface area contributed by atoms with Crippen molar-refractivity contribution in [2.75, 3.05) is 64.2 Å². The summed E-state index contributed by atoms with van der Waals surface area (Å²) in [6.07, 6.45) is 4.63. The molecule has 236 valence electrons. The molecule has 2 aromatic carbocycles. The Morgan fingerprint density at radius 1 is 0.932 bits per heavy atom. The van der Waals surface area contributed by atoms with Crippen molar-refractivity contribution in [3.8, 4) is 11.3 Å². The Morgan fingerprint density at radius 3 is 2.25 bits per heavy atom. The van der Waals surface area contributed by atoms with Crippen LogP contribution in [0.15, 0.2) is 65.7 Å². The van der Waals surface area contributed by atoms with E-state index < -0.39 is 10.0 Å². The molecule has 3 heterocycles. The van der Waals surface area contributed by atoms with Crippen LogP contribution in [0.1, 0.15) is 50.4 Å². The third-order valence-electron chi connectivity index (χ3n) is 8.61. The molecule has 2 aliphatic heterocycles. The lowest BCUT2D eigenvalue weighted by molar-refractivity contribution is 0.0630. The lowest BCUT2D eigenvalue weighted by atomic mass is 10.1. The first-order valence-corrected chi connectivity index (χ1v) is 17.2. The van der Waals surface area contributed by atoms with Gasteiger partial charge in [0.2, 0.25) is 16.0 Å². The minimum atomic E-state index is -3.46. The van der Waals surface area contributed by atoms with Gasteiger partial charge in [0.25, 0.3) is 5.91 Å². The summed E-state index contributed by atoms with van der Waals surface area (Å²) in [7, 11) is -3.46. The normalized spacial score (nSPS) is 16.6. The number of hydrogen-bond donors (Lipinski definition) is 1. The van der Waals surface area contributed by atoms with E-state index in [1.165, 1.54) is 0 Å². The number of nitrogens with one attached hydrogen (secondary N) is 1. The highest BCUT2D eigenvalue weighted by molar-refractivity contribution is 7.89. The van der Waals surface area contributed by atoms with Gasteiger partial charge in [-0.2, -0.15) is 4.31 Å². The van der Waals surface area contributed by atoms with Gasteiger partial charge in [0.1, 0.15) is 0 Å². The molecular weight excluding hydrogens is 574 g/mol. The van der Waals surface area contributed by atoms with Crippen LogP contribution in [0, 0.1) is 0 Å². The number of benzene rings is 2. The molecule has 1 aromatic heterocycles. The van der Waals surface area contributed by atoms with E-state index in [2.05, 4.69) is 45.9 Å². The quantitative estimate of drug-likeness (QED) is 0.315. The van der Waals surface area contributed by atoms with Gasteiger partial charge in [-0.15, -0.1) is 0 Å². The number of hydrogen-bond acceptors (Lipinski definition) is 8. The largest absolute Gasteiger partial charge is 0.336 e. The van der Waals surface area contributed by atoms with Gasteiger partial charge < -0.3 is 15.1 Å². The summed E-state index contributed by atoms with van der Waals surface area (Å²) in [4.78, 5) is 29.3. The van der Waals surface area contributed by atoms with Crippen molar-refractivity contribution in [2.24, 2.45) is 0 Å². The van der Waals surface area contributed by atoms with Gasteiger partial charge in [0.15, 0.2) is 0 Å². The highest BCUT2D eigenvalue weighted by Crippen LogP contribution is 2.25. The third kappa shape index (κ3) is 7.82. The molecule has 11 heteroatoms. The van der Waals surface area contributed by atoms with Crippen LogP contribution in [-0.4, -0.2) is 108 Å². The topological polar surface area (TPSA) is 102 Å². The smallest absolute Gasteiger partial charge is 0.253 e. The third-order valence-corrected chi connectivity index (χ3v) is 10.5. The second-order valence-electron chi connectivity index (χ2n) is 11.8. The van der Waals surface area contributed by atoms with E-state index in [0.29, 0.717) is 41.2 Å². The molecule has 1 amide bonds. The summed E-state index contributed by atoms with van der Waals surface area (Å²) in [6.45, 7) is 14.4. The zero-order valence-corrected chi connectivity index (χ0v) is 27.0. The number of carbonyl (C=O) groups is 1. The summed E-state index contributed by atoms with van der Waals surface area (Å²) >= 11 is 0. The van der Waals surface area contributed by atoms with Gasteiger partial charge >= 0.3 is 0 Å².